The molecule has 5 nitrogen and oxygen atoms in total. The molecule has 0 saturated carbocycles. The third-order valence-corrected chi connectivity index (χ3v) is 2.94. The quantitative estimate of drug-likeness (QED) is 0.916. The Morgan fingerprint density at radius 3 is 2.47 bits per heavy atom. The fraction of sp³-hybridized carbons (Fsp3) is 0.286. The summed E-state index contributed by atoms with van der Waals surface area (Å²) in [5.74, 6) is 1.74. The number of aromatic nitrogens is 2. The Labute approximate surface area is 113 Å². The molecule has 100 valence electrons. The molecule has 0 amide bonds. The van der Waals surface area contributed by atoms with Crippen LogP contribution in [0.3, 0.4) is 0 Å². The van der Waals surface area contributed by atoms with Crippen LogP contribution < -0.4 is 15.4 Å². The van der Waals surface area contributed by atoms with Crippen molar-refractivity contribution in [2.45, 2.75) is 13.8 Å². The third-order valence-electron chi connectivity index (χ3n) is 2.94. The van der Waals surface area contributed by atoms with E-state index < -0.39 is 0 Å². The molecule has 0 atom stereocenters. The zero-order valence-corrected chi connectivity index (χ0v) is 11.6. The van der Waals surface area contributed by atoms with Crippen molar-refractivity contribution in [3.8, 4) is 11.6 Å². The second kappa shape index (κ2) is 5.14. The maximum atomic E-state index is 6.01. The van der Waals surface area contributed by atoms with Gasteiger partial charge in [-0.05, 0) is 37.1 Å². The Kier molecular flexibility index (Phi) is 3.55. The molecule has 0 fully saturated rings. The topological polar surface area (TPSA) is 64.3 Å². The first-order valence-corrected chi connectivity index (χ1v) is 6.02. The normalized spacial score (nSPS) is 10.3. The molecule has 0 radical (unpaired) electrons. The van der Waals surface area contributed by atoms with Gasteiger partial charge in [-0.3, -0.25) is 0 Å². The monoisotopic (exact) mass is 258 g/mol. The summed E-state index contributed by atoms with van der Waals surface area (Å²) in [6, 6.07) is 5.88. The number of anilines is 2. The summed E-state index contributed by atoms with van der Waals surface area (Å²) in [7, 11) is 3.75. The van der Waals surface area contributed by atoms with Gasteiger partial charge in [0.05, 0.1) is 0 Å². The lowest BCUT2D eigenvalue weighted by molar-refractivity contribution is 0.464. The highest BCUT2D eigenvalue weighted by Crippen LogP contribution is 2.30. The van der Waals surface area contributed by atoms with E-state index in [-0.39, 0.29) is 0 Å². The summed E-state index contributed by atoms with van der Waals surface area (Å²) in [5.41, 5.74) is 8.83. The maximum Gasteiger partial charge on any atom is 0.248 e. The molecule has 1 aromatic carbocycles. The fourth-order valence-electron chi connectivity index (χ4n) is 1.70. The third kappa shape index (κ3) is 2.76. The molecule has 5 heteroatoms. The Balaban J connectivity index is 2.33. The molecule has 2 N–H and O–H groups in total. The number of nitrogen functional groups attached to an aromatic ring is 1. The van der Waals surface area contributed by atoms with E-state index in [1.807, 2.05) is 44.1 Å². The minimum atomic E-state index is 0.377. The first kappa shape index (κ1) is 13.1. The standard InChI is InChI=1S/C14H18N4O/c1-9-5-6-11(7-10(9)2)19-14-12(15)13(18(3)4)16-8-17-14/h5-8H,15H2,1-4H3. The lowest BCUT2D eigenvalue weighted by Gasteiger charge is -2.15. The van der Waals surface area contributed by atoms with Gasteiger partial charge in [-0.1, -0.05) is 6.07 Å². The molecule has 19 heavy (non-hydrogen) atoms. The van der Waals surface area contributed by atoms with Crippen molar-refractivity contribution in [2.24, 2.45) is 0 Å². The van der Waals surface area contributed by atoms with Crippen LogP contribution in [0.1, 0.15) is 11.1 Å². The molecule has 1 aromatic heterocycles. The Bertz CT molecular complexity index is 596. The zero-order valence-electron chi connectivity index (χ0n) is 11.6. The molecule has 2 aromatic rings. The highest BCUT2D eigenvalue weighted by molar-refractivity contribution is 5.67. The first-order chi connectivity index (χ1) is 8.99. The van der Waals surface area contributed by atoms with Crippen LogP contribution in [0.25, 0.3) is 0 Å². The van der Waals surface area contributed by atoms with Crippen LogP contribution in [0, 0.1) is 13.8 Å². The van der Waals surface area contributed by atoms with Crippen LogP contribution in [0.15, 0.2) is 24.5 Å². The van der Waals surface area contributed by atoms with E-state index in [1.54, 1.807) is 0 Å². The van der Waals surface area contributed by atoms with Crippen molar-refractivity contribution in [3.05, 3.63) is 35.7 Å². The van der Waals surface area contributed by atoms with E-state index in [9.17, 15) is 0 Å². The number of nitrogens with zero attached hydrogens (tertiary/aromatic N) is 3. The fourth-order valence-corrected chi connectivity index (χ4v) is 1.70. The highest BCUT2D eigenvalue weighted by Gasteiger charge is 2.11. The molecule has 0 unspecified atom stereocenters. The summed E-state index contributed by atoms with van der Waals surface area (Å²) in [6.45, 7) is 4.10. The average Bonchev–Trinajstić information content (AvgIpc) is 2.36. The van der Waals surface area contributed by atoms with Gasteiger partial charge in [-0.2, -0.15) is 4.98 Å². The van der Waals surface area contributed by atoms with Crippen molar-refractivity contribution in [1.29, 1.82) is 0 Å². The summed E-state index contributed by atoms with van der Waals surface area (Å²) < 4.78 is 5.73. The lowest BCUT2D eigenvalue weighted by atomic mass is 10.1. The van der Waals surface area contributed by atoms with E-state index in [0.717, 1.165) is 11.3 Å². The van der Waals surface area contributed by atoms with Crippen molar-refractivity contribution in [3.63, 3.8) is 0 Å². The van der Waals surface area contributed by atoms with Gasteiger partial charge in [0, 0.05) is 14.1 Å². The number of aryl methyl sites for hydroxylation is 2. The predicted molar refractivity (Wildman–Crippen MR) is 76.8 cm³/mol. The first-order valence-electron chi connectivity index (χ1n) is 6.02. The molecular formula is C14H18N4O. The number of hydrogen-bond acceptors (Lipinski definition) is 5. The van der Waals surface area contributed by atoms with Crippen molar-refractivity contribution in [2.75, 3.05) is 24.7 Å². The van der Waals surface area contributed by atoms with Gasteiger partial charge < -0.3 is 15.4 Å². The van der Waals surface area contributed by atoms with E-state index >= 15 is 0 Å². The smallest absolute Gasteiger partial charge is 0.248 e. The molecular weight excluding hydrogens is 240 g/mol. The molecule has 0 bridgehead atoms. The average molecular weight is 258 g/mol. The van der Waals surface area contributed by atoms with Gasteiger partial charge in [0.15, 0.2) is 5.82 Å². The molecule has 2 rings (SSSR count). The van der Waals surface area contributed by atoms with E-state index in [4.69, 9.17) is 10.5 Å². The summed E-state index contributed by atoms with van der Waals surface area (Å²) in [6.07, 6.45) is 1.45. The van der Waals surface area contributed by atoms with Crippen LogP contribution in [0.4, 0.5) is 11.5 Å². The lowest BCUT2D eigenvalue weighted by Crippen LogP contribution is -2.14. The van der Waals surface area contributed by atoms with Gasteiger partial charge in [-0.15, -0.1) is 0 Å². The Morgan fingerprint density at radius 1 is 1.11 bits per heavy atom. The van der Waals surface area contributed by atoms with Crippen molar-refractivity contribution >= 4 is 11.5 Å². The number of rotatable bonds is 3. The second-order valence-electron chi connectivity index (χ2n) is 4.66. The molecule has 0 aliphatic carbocycles. The van der Waals surface area contributed by atoms with Crippen molar-refractivity contribution in [1.82, 2.24) is 9.97 Å². The molecule has 0 aliphatic heterocycles. The van der Waals surface area contributed by atoms with E-state index in [2.05, 4.69) is 16.9 Å². The Morgan fingerprint density at radius 2 is 1.84 bits per heavy atom. The van der Waals surface area contributed by atoms with Crippen LogP contribution in [-0.2, 0) is 0 Å². The van der Waals surface area contributed by atoms with Gasteiger partial charge >= 0.3 is 0 Å². The SMILES string of the molecule is Cc1ccc(Oc2ncnc(N(C)C)c2N)cc1C. The van der Waals surface area contributed by atoms with E-state index in [1.165, 1.54) is 11.9 Å². The largest absolute Gasteiger partial charge is 0.437 e. The van der Waals surface area contributed by atoms with Gasteiger partial charge in [-0.25, -0.2) is 4.98 Å². The number of benzene rings is 1. The summed E-state index contributed by atoms with van der Waals surface area (Å²) >= 11 is 0. The van der Waals surface area contributed by atoms with Crippen LogP contribution in [0.2, 0.25) is 0 Å². The number of hydrogen-bond donors (Lipinski definition) is 1. The molecule has 0 spiro atoms. The van der Waals surface area contributed by atoms with Crippen LogP contribution in [-0.4, -0.2) is 24.1 Å². The van der Waals surface area contributed by atoms with Crippen LogP contribution in [0.5, 0.6) is 11.6 Å². The second-order valence-corrected chi connectivity index (χ2v) is 4.66. The van der Waals surface area contributed by atoms with Crippen LogP contribution >= 0.6 is 0 Å². The molecule has 1 heterocycles. The summed E-state index contributed by atoms with van der Waals surface area (Å²) in [4.78, 5) is 10.0. The number of ether oxygens (including phenoxy) is 1. The predicted octanol–water partition coefficient (Wildman–Crippen LogP) is 2.53. The van der Waals surface area contributed by atoms with Gasteiger partial charge in [0.1, 0.15) is 17.8 Å². The zero-order chi connectivity index (χ0) is 14.0. The molecule has 0 aliphatic rings. The number of nitrogens with two attached hydrogens (primary N) is 1. The maximum absolute atomic E-state index is 6.01. The minimum Gasteiger partial charge on any atom is -0.437 e. The molecule has 0 saturated heterocycles. The Hall–Kier alpha value is -2.30. The summed E-state index contributed by atoms with van der Waals surface area (Å²) in [5, 5.41) is 0. The van der Waals surface area contributed by atoms with Gasteiger partial charge in [0.25, 0.3) is 0 Å². The van der Waals surface area contributed by atoms with E-state index in [0.29, 0.717) is 17.4 Å². The minimum absolute atomic E-state index is 0.377. The van der Waals surface area contributed by atoms with Gasteiger partial charge in [0.2, 0.25) is 5.88 Å². The highest BCUT2D eigenvalue weighted by atomic mass is 16.5. The van der Waals surface area contributed by atoms with Crippen molar-refractivity contribution < 1.29 is 4.74 Å².